The topological polar surface area (TPSA) is 92.8 Å². The molecule has 1 amide bonds. The number of piperidine rings is 1. The van der Waals surface area contributed by atoms with Crippen LogP contribution in [0.4, 0.5) is 5.95 Å². The first kappa shape index (κ1) is 17.9. The number of aryl methyl sites for hydroxylation is 2. The largest absolute Gasteiger partial charge is 0.467 e. The van der Waals surface area contributed by atoms with E-state index in [1.54, 1.807) is 12.1 Å². The molecule has 3 heterocycles. The summed E-state index contributed by atoms with van der Waals surface area (Å²) in [4.78, 5) is 22.9. The minimum absolute atomic E-state index is 0.176. The zero-order valence-corrected chi connectivity index (χ0v) is 15.1. The molecule has 1 aliphatic rings. The van der Waals surface area contributed by atoms with Gasteiger partial charge in [0.1, 0.15) is 11.5 Å². The predicted molar refractivity (Wildman–Crippen MR) is 97.5 cm³/mol. The standard InChI is InChI=1S/C18H23N5O3/c1-13-10-17(21-18(20-13)23-8-4-3-5-9-23)25-12-16(24)22-19-11-15-7-6-14(2)26-15/h6-7,10-11H,3-5,8-9,12H2,1-2H3,(H,22,24). The van der Waals surface area contributed by atoms with Crippen LogP contribution in [0.2, 0.25) is 0 Å². The summed E-state index contributed by atoms with van der Waals surface area (Å²) in [7, 11) is 0. The highest BCUT2D eigenvalue weighted by Crippen LogP contribution is 2.19. The minimum atomic E-state index is -0.375. The molecule has 0 bridgehead atoms. The second kappa shape index (κ2) is 8.46. The van der Waals surface area contributed by atoms with Crippen LogP contribution in [0, 0.1) is 13.8 Å². The number of furan rings is 1. The lowest BCUT2D eigenvalue weighted by atomic mass is 10.1. The molecule has 0 aromatic carbocycles. The summed E-state index contributed by atoms with van der Waals surface area (Å²) in [5, 5.41) is 3.84. The zero-order valence-electron chi connectivity index (χ0n) is 15.1. The van der Waals surface area contributed by atoms with E-state index in [9.17, 15) is 4.79 Å². The van der Waals surface area contributed by atoms with Crippen LogP contribution >= 0.6 is 0 Å². The van der Waals surface area contributed by atoms with Gasteiger partial charge in [0.2, 0.25) is 11.8 Å². The van der Waals surface area contributed by atoms with Gasteiger partial charge < -0.3 is 14.1 Å². The van der Waals surface area contributed by atoms with Crippen LogP contribution in [0.1, 0.15) is 36.5 Å². The summed E-state index contributed by atoms with van der Waals surface area (Å²) < 4.78 is 10.8. The van der Waals surface area contributed by atoms with Crippen molar-refractivity contribution in [3.8, 4) is 5.88 Å². The van der Waals surface area contributed by atoms with Gasteiger partial charge in [-0.15, -0.1) is 0 Å². The summed E-state index contributed by atoms with van der Waals surface area (Å²) in [6, 6.07) is 5.31. The van der Waals surface area contributed by atoms with Gasteiger partial charge in [0.05, 0.1) is 6.21 Å². The van der Waals surface area contributed by atoms with Crippen LogP contribution in [-0.4, -0.2) is 41.8 Å². The summed E-state index contributed by atoms with van der Waals surface area (Å²) >= 11 is 0. The SMILES string of the molecule is Cc1cc(OCC(=O)NN=Cc2ccc(C)o2)nc(N2CCCCC2)n1. The first-order chi connectivity index (χ1) is 12.6. The molecule has 138 valence electrons. The number of anilines is 1. The van der Waals surface area contributed by atoms with Crippen molar-refractivity contribution in [1.82, 2.24) is 15.4 Å². The van der Waals surface area contributed by atoms with Crippen molar-refractivity contribution in [3.63, 3.8) is 0 Å². The summed E-state index contributed by atoms with van der Waals surface area (Å²) in [5.74, 6) is 2.02. The Labute approximate surface area is 152 Å². The first-order valence-corrected chi connectivity index (χ1v) is 8.72. The monoisotopic (exact) mass is 357 g/mol. The third kappa shape index (κ3) is 5.05. The Bertz CT molecular complexity index is 781. The zero-order chi connectivity index (χ0) is 18.4. The maximum absolute atomic E-state index is 11.8. The van der Waals surface area contributed by atoms with Crippen LogP contribution in [0.25, 0.3) is 0 Å². The first-order valence-electron chi connectivity index (χ1n) is 8.72. The average Bonchev–Trinajstić information content (AvgIpc) is 3.05. The Morgan fingerprint density at radius 2 is 2.12 bits per heavy atom. The number of nitrogens with zero attached hydrogens (tertiary/aromatic N) is 4. The van der Waals surface area contributed by atoms with Crippen LogP contribution in [0.3, 0.4) is 0 Å². The molecule has 1 aliphatic heterocycles. The highest BCUT2D eigenvalue weighted by Gasteiger charge is 2.15. The van der Waals surface area contributed by atoms with Crippen LogP contribution in [0.15, 0.2) is 27.7 Å². The maximum atomic E-state index is 11.8. The number of hydrogen-bond acceptors (Lipinski definition) is 7. The molecule has 0 atom stereocenters. The lowest BCUT2D eigenvalue weighted by Gasteiger charge is -2.26. The smallest absolute Gasteiger partial charge is 0.278 e. The Balaban J connectivity index is 1.52. The van der Waals surface area contributed by atoms with Crippen molar-refractivity contribution in [3.05, 3.63) is 35.4 Å². The van der Waals surface area contributed by atoms with Gasteiger partial charge in [0.25, 0.3) is 5.91 Å². The summed E-state index contributed by atoms with van der Waals surface area (Å²) in [5.41, 5.74) is 3.20. The highest BCUT2D eigenvalue weighted by molar-refractivity contribution is 5.81. The molecule has 3 rings (SSSR count). The number of hydrazone groups is 1. The molecule has 0 saturated carbocycles. The molecule has 0 spiro atoms. The molecule has 8 heteroatoms. The average molecular weight is 357 g/mol. The molecule has 2 aromatic heterocycles. The Hall–Kier alpha value is -2.90. The van der Waals surface area contributed by atoms with E-state index < -0.39 is 0 Å². The molecular formula is C18H23N5O3. The summed E-state index contributed by atoms with van der Waals surface area (Å²) in [6.07, 6.45) is 4.96. The molecule has 0 radical (unpaired) electrons. The van der Waals surface area contributed by atoms with Crippen LogP contribution in [0.5, 0.6) is 5.88 Å². The number of rotatable bonds is 6. The number of carbonyl (C=O) groups excluding carboxylic acids is 1. The fraction of sp³-hybridized carbons (Fsp3) is 0.444. The van der Waals surface area contributed by atoms with Gasteiger partial charge in [0.15, 0.2) is 6.61 Å². The van der Waals surface area contributed by atoms with Crippen molar-refractivity contribution in [1.29, 1.82) is 0 Å². The number of ether oxygens (including phenoxy) is 1. The second-order valence-corrected chi connectivity index (χ2v) is 6.23. The third-order valence-electron chi connectivity index (χ3n) is 3.95. The van der Waals surface area contributed by atoms with Gasteiger partial charge in [-0.05, 0) is 45.2 Å². The maximum Gasteiger partial charge on any atom is 0.278 e. The van der Waals surface area contributed by atoms with E-state index in [4.69, 9.17) is 9.15 Å². The number of aromatic nitrogens is 2. The van der Waals surface area contributed by atoms with Gasteiger partial charge in [-0.3, -0.25) is 4.79 Å². The highest BCUT2D eigenvalue weighted by atomic mass is 16.5. The second-order valence-electron chi connectivity index (χ2n) is 6.23. The van der Waals surface area contributed by atoms with Gasteiger partial charge >= 0.3 is 0 Å². The van der Waals surface area contributed by atoms with E-state index in [1.165, 1.54) is 12.6 Å². The van der Waals surface area contributed by atoms with Crippen molar-refractivity contribution in [2.75, 3.05) is 24.6 Å². The number of amides is 1. The lowest BCUT2D eigenvalue weighted by Crippen LogP contribution is -2.31. The number of nitrogens with one attached hydrogen (secondary N) is 1. The Morgan fingerprint density at radius 1 is 1.31 bits per heavy atom. The Morgan fingerprint density at radius 3 is 2.85 bits per heavy atom. The van der Waals surface area contributed by atoms with E-state index in [0.29, 0.717) is 17.6 Å². The van der Waals surface area contributed by atoms with Gasteiger partial charge in [-0.2, -0.15) is 10.1 Å². The molecule has 1 N–H and O–H groups in total. The van der Waals surface area contributed by atoms with E-state index >= 15 is 0 Å². The normalized spacial score (nSPS) is 14.6. The lowest BCUT2D eigenvalue weighted by molar-refractivity contribution is -0.123. The number of hydrogen-bond donors (Lipinski definition) is 1. The van der Waals surface area contributed by atoms with Crippen molar-refractivity contribution in [2.24, 2.45) is 5.10 Å². The molecule has 1 saturated heterocycles. The van der Waals surface area contributed by atoms with Crippen molar-refractivity contribution >= 4 is 18.1 Å². The van der Waals surface area contributed by atoms with E-state index in [1.807, 2.05) is 19.9 Å². The van der Waals surface area contributed by atoms with Crippen molar-refractivity contribution in [2.45, 2.75) is 33.1 Å². The molecule has 2 aromatic rings. The van der Waals surface area contributed by atoms with E-state index in [-0.39, 0.29) is 12.5 Å². The molecule has 8 nitrogen and oxygen atoms in total. The molecule has 1 fully saturated rings. The molecule has 26 heavy (non-hydrogen) atoms. The van der Waals surface area contributed by atoms with Gasteiger partial charge in [-0.25, -0.2) is 10.4 Å². The Kier molecular flexibility index (Phi) is 5.83. The van der Waals surface area contributed by atoms with Gasteiger partial charge in [-0.1, -0.05) is 0 Å². The quantitative estimate of drug-likeness (QED) is 0.629. The summed E-state index contributed by atoms with van der Waals surface area (Å²) in [6.45, 7) is 5.45. The molecule has 0 aliphatic carbocycles. The van der Waals surface area contributed by atoms with Crippen LogP contribution < -0.4 is 15.1 Å². The van der Waals surface area contributed by atoms with E-state index in [0.717, 1.165) is 37.4 Å². The van der Waals surface area contributed by atoms with Crippen LogP contribution in [-0.2, 0) is 4.79 Å². The van der Waals surface area contributed by atoms with Crippen molar-refractivity contribution < 1.29 is 13.9 Å². The van der Waals surface area contributed by atoms with E-state index in [2.05, 4.69) is 25.4 Å². The molecular weight excluding hydrogens is 334 g/mol. The third-order valence-corrected chi connectivity index (χ3v) is 3.95. The predicted octanol–water partition coefficient (Wildman–Crippen LogP) is 2.21. The fourth-order valence-electron chi connectivity index (χ4n) is 2.70. The fourth-order valence-corrected chi connectivity index (χ4v) is 2.70. The number of carbonyl (C=O) groups is 1. The molecule has 0 unspecified atom stereocenters. The van der Waals surface area contributed by atoms with Gasteiger partial charge in [0, 0.05) is 24.8 Å². The minimum Gasteiger partial charge on any atom is -0.467 e.